The van der Waals surface area contributed by atoms with Crippen LogP contribution in [0.25, 0.3) is 22.7 Å². The number of amides is 1. The van der Waals surface area contributed by atoms with Gasteiger partial charge < -0.3 is 19.8 Å². The zero-order valence-corrected chi connectivity index (χ0v) is 18.1. The number of fused-ring (bicyclic) bond motifs is 1. The Labute approximate surface area is 199 Å². The molecule has 35 heavy (non-hydrogen) atoms. The van der Waals surface area contributed by atoms with Crippen LogP contribution in [0.2, 0.25) is 5.15 Å². The molecule has 0 unspecified atom stereocenters. The molecule has 3 aromatic heterocycles. The number of anilines is 1. The maximum Gasteiger partial charge on any atom is 0.278 e. The fraction of sp³-hybridized carbons (Fsp3) is 0. The average Bonchev–Trinajstić information content (AvgIpc) is 3.29. The maximum atomic E-state index is 12.8. The molecule has 0 spiro atoms. The normalized spacial score (nSPS) is 10.5. The van der Waals surface area contributed by atoms with Crippen LogP contribution in [-0.2, 0) is 0 Å². The molecule has 0 fully saturated rings. The Hall–Kier alpha value is -4.71. The number of hydrogen-bond acceptors (Lipinski definition) is 8. The number of H-pyrrole nitrogens is 1. The molecule has 0 aliphatic heterocycles. The Bertz CT molecular complexity index is 1560. The van der Waals surface area contributed by atoms with Crippen LogP contribution < -0.4 is 10.9 Å². The number of carbonyl (C=O) groups is 1. The van der Waals surface area contributed by atoms with E-state index in [4.69, 9.17) is 16.0 Å². The summed E-state index contributed by atoms with van der Waals surface area (Å²) in [6.45, 7) is 0. The van der Waals surface area contributed by atoms with Gasteiger partial charge in [0.05, 0.1) is 6.33 Å². The molecule has 0 bridgehead atoms. The van der Waals surface area contributed by atoms with Gasteiger partial charge in [-0.1, -0.05) is 11.6 Å². The van der Waals surface area contributed by atoms with Crippen molar-refractivity contribution in [2.75, 3.05) is 5.32 Å². The lowest BCUT2D eigenvalue weighted by Crippen LogP contribution is -2.20. The fourth-order valence-corrected chi connectivity index (χ4v) is 2.90. The van der Waals surface area contributed by atoms with E-state index in [-0.39, 0.29) is 22.2 Å². The first-order valence-electron chi connectivity index (χ1n) is 9.68. The summed E-state index contributed by atoms with van der Waals surface area (Å²) in [5.41, 5.74) is 0.474. The lowest BCUT2D eigenvalue weighted by Gasteiger charge is -2.04. The predicted octanol–water partition coefficient (Wildman–Crippen LogP) is 3.94. The third kappa shape index (κ3) is 5.45. The van der Waals surface area contributed by atoms with Gasteiger partial charge in [-0.2, -0.15) is 4.98 Å². The van der Waals surface area contributed by atoms with Crippen molar-refractivity contribution >= 4 is 34.4 Å². The average molecular weight is 499 g/mol. The quantitative estimate of drug-likeness (QED) is 0.317. The zero-order chi connectivity index (χ0) is 24.9. The van der Waals surface area contributed by atoms with Crippen LogP contribution in [0.3, 0.4) is 0 Å². The van der Waals surface area contributed by atoms with E-state index in [0.29, 0.717) is 22.7 Å². The van der Waals surface area contributed by atoms with E-state index in [0.717, 1.165) is 18.5 Å². The third-order valence-electron chi connectivity index (χ3n) is 4.42. The number of nitrogens with zero attached hydrogens (tertiary/aromatic N) is 4. The third-order valence-corrected chi connectivity index (χ3v) is 4.70. The molecule has 1 amide bonds. The summed E-state index contributed by atoms with van der Waals surface area (Å²) in [6, 6.07) is 10.5. The summed E-state index contributed by atoms with van der Waals surface area (Å²) >= 11 is 5.85. The molecule has 0 saturated heterocycles. The van der Waals surface area contributed by atoms with Gasteiger partial charge in [-0.3, -0.25) is 9.59 Å². The SMILES string of the molecule is Fc1ccc(-c2nc3c(Cl)ncnc3o2)cc1.O=C(Nc1c(O)nc[nH]c1=O)c1ccc(F)cc1. The smallest absolute Gasteiger partial charge is 0.278 e. The monoisotopic (exact) mass is 498 g/mol. The Morgan fingerprint density at radius 1 is 1.00 bits per heavy atom. The molecule has 10 nitrogen and oxygen atoms in total. The molecule has 13 heteroatoms. The first-order valence-corrected chi connectivity index (χ1v) is 10.1. The molecular weight excluding hydrogens is 486 g/mol. The number of halogens is 3. The first-order chi connectivity index (χ1) is 16.8. The first kappa shape index (κ1) is 23.4. The largest absolute Gasteiger partial charge is 0.492 e. The van der Waals surface area contributed by atoms with Gasteiger partial charge in [-0.05, 0) is 48.5 Å². The predicted molar refractivity (Wildman–Crippen MR) is 121 cm³/mol. The summed E-state index contributed by atoms with van der Waals surface area (Å²) in [5.74, 6) is -1.70. The van der Waals surface area contributed by atoms with Crippen molar-refractivity contribution in [2.24, 2.45) is 0 Å². The van der Waals surface area contributed by atoms with E-state index in [9.17, 15) is 23.5 Å². The molecule has 3 N–H and O–H groups in total. The van der Waals surface area contributed by atoms with Crippen LogP contribution in [-0.4, -0.2) is 35.9 Å². The van der Waals surface area contributed by atoms with E-state index in [2.05, 4.69) is 30.2 Å². The standard InChI is InChI=1S/C11H5ClFN3O.C11H8FN3O3/c12-9-8-11(15-5-14-9)17-10(16-8)6-1-3-7(13)4-2-6;12-7-3-1-6(2-4-7)9(16)15-8-10(17)13-5-14-11(8)18/h1-5H;1-5H,(H,15,16)(H2,13,14,17,18). The minimum atomic E-state index is -0.682. The highest BCUT2D eigenvalue weighted by Gasteiger charge is 2.13. The van der Waals surface area contributed by atoms with Gasteiger partial charge in [-0.15, -0.1) is 0 Å². The number of oxazole rings is 1. The van der Waals surface area contributed by atoms with E-state index in [1.54, 1.807) is 12.1 Å². The second-order valence-corrected chi connectivity index (χ2v) is 7.09. The Morgan fingerprint density at radius 2 is 1.66 bits per heavy atom. The Morgan fingerprint density at radius 3 is 2.29 bits per heavy atom. The molecular formula is C22H13ClF2N6O4. The minimum absolute atomic E-state index is 0.152. The van der Waals surface area contributed by atoms with Crippen LogP contribution in [0.5, 0.6) is 5.88 Å². The van der Waals surface area contributed by atoms with Gasteiger partial charge in [0.1, 0.15) is 18.0 Å². The summed E-state index contributed by atoms with van der Waals surface area (Å²) in [6.07, 6.45) is 2.30. The number of carbonyl (C=O) groups excluding carboxylic acids is 1. The maximum absolute atomic E-state index is 12.8. The Balaban J connectivity index is 0.000000165. The van der Waals surface area contributed by atoms with Crippen molar-refractivity contribution in [1.29, 1.82) is 0 Å². The van der Waals surface area contributed by atoms with Crippen molar-refractivity contribution < 1.29 is 23.1 Å². The van der Waals surface area contributed by atoms with Crippen molar-refractivity contribution in [3.8, 4) is 17.3 Å². The van der Waals surface area contributed by atoms with Crippen LogP contribution in [0.4, 0.5) is 14.5 Å². The molecule has 176 valence electrons. The fourth-order valence-electron chi connectivity index (χ4n) is 2.73. The molecule has 0 atom stereocenters. The van der Waals surface area contributed by atoms with Crippen molar-refractivity contribution in [1.82, 2.24) is 24.9 Å². The number of rotatable bonds is 3. The van der Waals surface area contributed by atoms with E-state index in [1.165, 1.54) is 30.6 Å². The summed E-state index contributed by atoms with van der Waals surface area (Å²) in [4.78, 5) is 40.5. The molecule has 0 saturated carbocycles. The number of benzene rings is 2. The highest BCUT2D eigenvalue weighted by atomic mass is 35.5. The highest BCUT2D eigenvalue weighted by molar-refractivity contribution is 6.33. The van der Waals surface area contributed by atoms with E-state index >= 15 is 0 Å². The van der Waals surface area contributed by atoms with Gasteiger partial charge in [-0.25, -0.2) is 23.7 Å². The molecule has 3 heterocycles. The van der Waals surface area contributed by atoms with Gasteiger partial charge in [0.2, 0.25) is 11.8 Å². The number of nitrogens with one attached hydrogen (secondary N) is 2. The van der Waals surface area contributed by atoms with Gasteiger partial charge in [0.15, 0.2) is 16.4 Å². The van der Waals surface area contributed by atoms with Gasteiger partial charge >= 0.3 is 0 Å². The molecule has 2 aromatic carbocycles. The molecule has 5 aromatic rings. The number of aromatic amines is 1. The summed E-state index contributed by atoms with van der Waals surface area (Å²) in [7, 11) is 0. The molecule has 0 aliphatic rings. The number of aromatic hydroxyl groups is 1. The molecule has 0 aliphatic carbocycles. The molecule has 0 radical (unpaired) electrons. The van der Waals surface area contributed by atoms with Crippen molar-refractivity contribution in [2.45, 2.75) is 0 Å². The van der Waals surface area contributed by atoms with Crippen LogP contribution in [0, 0.1) is 11.6 Å². The second kappa shape index (κ2) is 10.1. The van der Waals surface area contributed by atoms with Crippen LogP contribution in [0.1, 0.15) is 10.4 Å². The second-order valence-electron chi connectivity index (χ2n) is 6.74. The number of hydrogen-bond donors (Lipinski definition) is 3. The van der Waals surface area contributed by atoms with Crippen LogP contribution in [0.15, 0.2) is 70.4 Å². The number of aromatic nitrogens is 5. The lowest BCUT2D eigenvalue weighted by atomic mass is 10.2. The lowest BCUT2D eigenvalue weighted by molar-refractivity contribution is 0.102. The summed E-state index contributed by atoms with van der Waals surface area (Å²) < 4.78 is 30.9. The van der Waals surface area contributed by atoms with Crippen molar-refractivity contribution in [3.63, 3.8) is 0 Å². The highest BCUT2D eigenvalue weighted by Crippen LogP contribution is 2.26. The van der Waals surface area contributed by atoms with Crippen molar-refractivity contribution in [3.05, 3.63) is 93.9 Å². The molecule has 5 rings (SSSR count). The van der Waals surface area contributed by atoms with E-state index in [1.807, 2.05) is 0 Å². The van der Waals surface area contributed by atoms with Gasteiger partial charge in [0, 0.05) is 11.1 Å². The Kier molecular flexibility index (Phi) is 6.73. The topological polar surface area (TPSA) is 147 Å². The van der Waals surface area contributed by atoms with E-state index < -0.39 is 23.2 Å². The summed E-state index contributed by atoms with van der Waals surface area (Å²) in [5, 5.41) is 11.8. The minimum Gasteiger partial charge on any atom is -0.492 e. The zero-order valence-electron chi connectivity index (χ0n) is 17.4. The van der Waals surface area contributed by atoms with Crippen LogP contribution >= 0.6 is 11.6 Å². The van der Waals surface area contributed by atoms with Gasteiger partial charge in [0.25, 0.3) is 17.2 Å².